The van der Waals surface area contributed by atoms with Gasteiger partial charge in [-0.3, -0.25) is 0 Å². The molecule has 1 aromatic heterocycles. The van der Waals surface area contributed by atoms with E-state index in [1.165, 1.54) is 18.4 Å². The number of aliphatic hydroxyl groups is 1. The summed E-state index contributed by atoms with van der Waals surface area (Å²) in [6.07, 6.45) is -0.187. The van der Waals surface area contributed by atoms with E-state index in [4.69, 9.17) is 4.42 Å². The van der Waals surface area contributed by atoms with Crippen molar-refractivity contribution in [3.63, 3.8) is 0 Å². The lowest BCUT2D eigenvalue weighted by Crippen LogP contribution is -2.06. The molecule has 0 aliphatic carbocycles. The number of hydrogen-bond donors (Lipinski definition) is 1. The molecule has 90 valence electrons. The number of hydrogen-bond acceptors (Lipinski definition) is 2. The molecule has 0 aliphatic heterocycles. The molecule has 1 atom stereocenters. The van der Waals surface area contributed by atoms with Crippen LogP contribution in [0, 0.1) is 11.6 Å². The average Bonchev–Trinajstić information content (AvgIpc) is 2.70. The number of furan rings is 1. The quantitative estimate of drug-likeness (QED) is 0.808. The van der Waals surface area contributed by atoms with Crippen LogP contribution >= 0.6 is 31.9 Å². The average molecular weight is 368 g/mol. The van der Waals surface area contributed by atoms with E-state index < -0.39 is 23.3 Å². The maximum atomic E-state index is 13.7. The van der Waals surface area contributed by atoms with Gasteiger partial charge >= 0.3 is 0 Å². The summed E-state index contributed by atoms with van der Waals surface area (Å²) in [5, 5.41) is 9.92. The zero-order valence-electron chi connectivity index (χ0n) is 8.25. The third-order valence-corrected chi connectivity index (χ3v) is 3.51. The molecule has 0 aliphatic rings. The van der Waals surface area contributed by atoms with Crippen molar-refractivity contribution in [2.24, 2.45) is 0 Å². The van der Waals surface area contributed by atoms with E-state index in [0.717, 1.165) is 6.07 Å². The van der Waals surface area contributed by atoms with Gasteiger partial charge in [-0.25, -0.2) is 8.78 Å². The van der Waals surface area contributed by atoms with Crippen LogP contribution in [0.25, 0.3) is 0 Å². The van der Waals surface area contributed by atoms with Crippen LogP contribution in [0.15, 0.2) is 37.8 Å². The lowest BCUT2D eigenvalue weighted by Gasteiger charge is -2.12. The second-order valence-electron chi connectivity index (χ2n) is 3.29. The predicted octanol–water partition coefficient (Wildman–Crippen LogP) is 4.16. The maximum Gasteiger partial charge on any atom is 0.151 e. The molecular formula is C11H6Br2F2O2. The summed E-state index contributed by atoms with van der Waals surface area (Å²) >= 11 is 6.06. The second-order valence-corrected chi connectivity index (χ2v) is 5.00. The monoisotopic (exact) mass is 366 g/mol. The fourth-order valence-electron chi connectivity index (χ4n) is 1.43. The highest BCUT2D eigenvalue weighted by Gasteiger charge is 2.25. The molecule has 0 saturated carbocycles. The van der Waals surface area contributed by atoms with Crippen molar-refractivity contribution in [3.8, 4) is 0 Å². The van der Waals surface area contributed by atoms with Gasteiger partial charge in [0.1, 0.15) is 17.7 Å². The first-order valence-electron chi connectivity index (χ1n) is 4.56. The summed E-state index contributed by atoms with van der Waals surface area (Å²) in [6, 6.07) is 3.84. The molecule has 17 heavy (non-hydrogen) atoms. The van der Waals surface area contributed by atoms with Gasteiger partial charge in [-0.2, -0.15) is 0 Å². The first kappa shape index (κ1) is 12.7. The smallest absolute Gasteiger partial charge is 0.151 e. The summed E-state index contributed by atoms with van der Waals surface area (Å²) in [5.41, 5.74) is -0.449. The summed E-state index contributed by atoms with van der Waals surface area (Å²) in [6.45, 7) is 0. The zero-order valence-corrected chi connectivity index (χ0v) is 11.4. The molecule has 1 N–H and O–H groups in total. The Morgan fingerprint density at radius 2 is 1.82 bits per heavy atom. The Labute approximate surface area is 113 Å². The summed E-state index contributed by atoms with van der Waals surface area (Å²) in [5.74, 6) is -1.62. The number of halogens is 4. The zero-order chi connectivity index (χ0) is 12.6. The molecule has 2 aromatic rings. The highest BCUT2D eigenvalue weighted by atomic mass is 79.9. The van der Waals surface area contributed by atoms with Crippen molar-refractivity contribution in [2.45, 2.75) is 6.10 Å². The van der Waals surface area contributed by atoms with Crippen LogP contribution in [-0.2, 0) is 0 Å². The fourth-order valence-corrected chi connectivity index (χ4v) is 2.19. The standard InChI is InChI=1S/C11H6Br2F2O2/c12-5-1-2-7(14)8(9(5)15)10(16)11-6(13)3-4-17-11/h1-4,10,16H. The summed E-state index contributed by atoms with van der Waals surface area (Å²) in [4.78, 5) is 0. The summed E-state index contributed by atoms with van der Waals surface area (Å²) < 4.78 is 32.8. The SMILES string of the molecule is OC(c1occc1Br)c1c(F)ccc(Br)c1F. The Balaban J connectivity index is 2.55. The Bertz CT molecular complexity index is 554. The minimum atomic E-state index is -1.50. The molecule has 0 radical (unpaired) electrons. The van der Waals surface area contributed by atoms with Crippen molar-refractivity contribution < 1.29 is 18.3 Å². The fraction of sp³-hybridized carbons (Fsp3) is 0.0909. The topological polar surface area (TPSA) is 33.4 Å². The molecule has 0 fully saturated rings. The minimum absolute atomic E-state index is 0.0564. The van der Waals surface area contributed by atoms with Gasteiger partial charge in [-0.05, 0) is 50.1 Å². The van der Waals surface area contributed by atoms with Crippen LogP contribution in [0.4, 0.5) is 8.78 Å². The third-order valence-electron chi connectivity index (χ3n) is 2.25. The van der Waals surface area contributed by atoms with Crippen LogP contribution in [-0.4, -0.2) is 5.11 Å². The van der Waals surface area contributed by atoms with E-state index in [2.05, 4.69) is 31.9 Å². The van der Waals surface area contributed by atoms with Crippen molar-refractivity contribution in [2.75, 3.05) is 0 Å². The Hall–Kier alpha value is -0.720. The van der Waals surface area contributed by atoms with E-state index in [1.54, 1.807) is 0 Å². The normalized spacial score (nSPS) is 12.8. The maximum absolute atomic E-state index is 13.7. The second kappa shape index (κ2) is 4.88. The van der Waals surface area contributed by atoms with E-state index in [1.807, 2.05) is 0 Å². The van der Waals surface area contributed by atoms with E-state index in [0.29, 0.717) is 4.47 Å². The Morgan fingerprint density at radius 1 is 1.12 bits per heavy atom. The van der Waals surface area contributed by atoms with Gasteiger partial charge in [0.15, 0.2) is 5.76 Å². The number of rotatable bonds is 2. The lowest BCUT2D eigenvalue weighted by atomic mass is 10.1. The molecule has 1 aromatic carbocycles. The van der Waals surface area contributed by atoms with E-state index >= 15 is 0 Å². The Morgan fingerprint density at radius 3 is 2.41 bits per heavy atom. The first-order chi connectivity index (χ1) is 8.02. The van der Waals surface area contributed by atoms with Crippen LogP contribution < -0.4 is 0 Å². The highest BCUT2D eigenvalue weighted by Crippen LogP contribution is 2.34. The van der Waals surface area contributed by atoms with Gasteiger partial charge in [-0.15, -0.1) is 0 Å². The van der Waals surface area contributed by atoms with Crippen molar-refractivity contribution in [1.29, 1.82) is 0 Å². The van der Waals surface area contributed by atoms with Crippen LogP contribution in [0.1, 0.15) is 17.4 Å². The van der Waals surface area contributed by atoms with Gasteiger partial charge < -0.3 is 9.52 Å². The molecule has 1 unspecified atom stereocenters. The predicted molar refractivity (Wildman–Crippen MR) is 64.5 cm³/mol. The van der Waals surface area contributed by atoms with Crippen LogP contribution in [0.2, 0.25) is 0 Å². The minimum Gasteiger partial charge on any atom is -0.465 e. The van der Waals surface area contributed by atoms with Gasteiger partial charge in [0, 0.05) is 0 Å². The molecule has 0 saturated heterocycles. The van der Waals surface area contributed by atoms with Gasteiger partial charge in [0.2, 0.25) is 0 Å². The van der Waals surface area contributed by atoms with Crippen molar-refractivity contribution in [3.05, 3.63) is 56.4 Å². The first-order valence-corrected chi connectivity index (χ1v) is 6.15. The van der Waals surface area contributed by atoms with Crippen LogP contribution in [0.3, 0.4) is 0 Å². The van der Waals surface area contributed by atoms with Crippen LogP contribution in [0.5, 0.6) is 0 Å². The lowest BCUT2D eigenvalue weighted by molar-refractivity contribution is 0.178. The summed E-state index contributed by atoms with van der Waals surface area (Å²) in [7, 11) is 0. The molecule has 0 amide bonds. The van der Waals surface area contributed by atoms with Crippen molar-refractivity contribution >= 4 is 31.9 Å². The molecule has 2 rings (SSSR count). The van der Waals surface area contributed by atoms with E-state index in [9.17, 15) is 13.9 Å². The molecule has 2 nitrogen and oxygen atoms in total. The molecule has 0 bridgehead atoms. The molecule has 6 heteroatoms. The van der Waals surface area contributed by atoms with E-state index in [-0.39, 0.29) is 10.2 Å². The number of aliphatic hydroxyl groups excluding tert-OH is 1. The molecule has 1 heterocycles. The molecular weight excluding hydrogens is 362 g/mol. The largest absolute Gasteiger partial charge is 0.465 e. The third kappa shape index (κ3) is 2.29. The van der Waals surface area contributed by atoms with Gasteiger partial charge in [0.05, 0.1) is 20.8 Å². The molecule has 0 spiro atoms. The Kier molecular flexibility index (Phi) is 3.65. The van der Waals surface area contributed by atoms with Gasteiger partial charge in [0.25, 0.3) is 0 Å². The highest BCUT2D eigenvalue weighted by molar-refractivity contribution is 9.10. The van der Waals surface area contributed by atoms with Crippen molar-refractivity contribution in [1.82, 2.24) is 0 Å². The van der Waals surface area contributed by atoms with Gasteiger partial charge in [-0.1, -0.05) is 0 Å². The number of benzene rings is 1.